The quantitative estimate of drug-likeness (QED) is 0.328. The number of rotatable bonds is 7. The van der Waals surface area contributed by atoms with Crippen LogP contribution >= 0.6 is 0 Å². The zero-order valence-electron chi connectivity index (χ0n) is 24.8. The summed E-state index contributed by atoms with van der Waals surface area (Å²) in [6.45, 7) is 10.8. The molecule has 2 aromatic carbocycles. The van der Waals surface area contributed by atoms with Gasteiger partial charge in [0.25, 0.3) is 5.56 Å². The lowest BCUT2D eigenvalue weighted by Gasteiger charge is -2.35. The van der Waals surface area contributed by atoms with Gasteiger partial charge in [0.05, 0.1) is 42.8 Å². The smallest absolute Gasteiger partial charge is 0.331 e. The maximum atomic E-state index is 13.6. The predicted octanol–water partition coefficient (Wildman–Crippen LogP) is 3.43. The highest BCUT2D eigenvalue weighted by Gasteiger charge is 2.28. The van der Waals surface area contributed by atoms with Gasteiger partial charge in [-0.25, -0.2) is 9.78 Å². The van der Waals surface area contributed by atoms with Gasteiger partial charge in [0.15, 0.2) is 11.5 Å². The second-order valence-corrected chi connectivity index (χ2v) is 10.8. The number of anilines is 2. The molecular weight excluding hydrogens is 536 g/mol. The Labute approximate surface area is 244 Å². The topological polar surface area (TPSA) is 104 Å². The summed E-state index contributed by atoms with van der Waals surface area (Å²) in [5.41, 5.74) is 1.84. The third-order valence-electron chi connectivity index (χ3n) is 8.29. The molecule has 2 aliphatic rings. The van der Waals surface area contributed by atoms with Gasteiger partial charge in [0.1, 0.15) is 5.82 Å². The van der Waals surface area contributed by atoms with Gasteiger partial charge in [-0.3, -0.25) is 13.9 Å². The average molecular weight is 575 g/mol. The number of piperidine rings is 1. The van der Waals surface area contributed by atoms with Crippen LogP contribution in [-0.2, 0) is 11.8 Å². The standard InChI is InChI=1S/C31H38N6O5/c1-5-41-25-18-22-23(19-26(25)42-6-2)32-30(36-14-16-40-17-15-36)33-28(22)35-12-10-21(11-13-35)37-29(38)27-20(3)8-7-9-24(27)34(4)31(37)39/h7-9,18-19,21H,5-6,10-17H2,1-4H3. The Hall–Kier alpha value is -4.12. The van der Waals surface area contributed by atoms with Crippen LogP contribution in [0.2, 0.25) is 0 Å². The van der Waals surface area contributed by atoms with Gasteiger partial charge in [-0.15, -0.1) is 0 Å². The Balaban J connectivity index is 1.38. The number of ether oxygens (including phenoxy) is 3. The predicted molar refractivity (Wildman–Crippen MR) is 164 cm³/mol. The van der Waals surface area contributed by atoms with E-state index in [1.54, 1.807) is 11.6 Å². The molecule has 11 heteroatoms. The number of morpholine rings is 1. The molecule has 0 amide bonds. The van der Waals surface area contributed by atoms with E-state index in [9.17, 15) is 9.59 Å². The molecule has 2 aromatic heterocycles. The van der Waals surface area contributed by atoms with Crippen molar-refractivity contribution in [2.24, 2.45) is 7.05 Å². The van der Waals surface area contributed by atoms with E-state index in [4.69, 9.17) is 24.2 Å². The largest absolute Gasteiger partial charge is 0.490 e. The molecule has 6 rings (SSSR count). The number of nitrogens with zero attached hydrogens (tertiary/aromatic N) is 6. The van der Waals surface area contributed by atoms with Crippen molar-refractivity contribution in [2.75, 3.05) is 62.4 Å². The first-order chi connectivity index (χ1) is 20.4. The zero-order chi connectivity index (χ0) is 29.4. The lowest BCUT2D eigenvalue weighted by atomic mass is 10.0. The Kier molecular flexibility index (Phi) is 7.76. The Morgan fingerprint density at radius 2 is 1.62 bits per heavy atom. The molecular formula is C31H38N6O5. The van der Waals surface area contributed by atoms with E-state index in [2.05, 4.69) is 9.80 Å². The number of hydrogen-bond donors (Lipinski definition) is 0. The first kappa shape index (κ1) is 28.0. The number of benzene rings is 2. The first-order valence-corrected chi connectivity index (χ1v) is 14.8. The van der Waals surface area contributed by atoms with Crippen molar-refractivity contribution in [1.29, 1.82) is 0 Å². The summed E-state index contributed by atoms with van der Waals surface area (Å²) in [6.07, 6.45) is 1.28. The third kappa shape index (κ3) is 4.95. The summed E-state index contributed by atoms with van der Waals surface area (Å²) in [4.78, 5) is 41.4. The Bertz CT molecular complexity index is 1730. The van der Waals surface area contributed by atoms with Crippen molar-refractivity contribution in [2.45, 2.75) is 39.7 Å². The SMILES string of the molecule is CCOc1cc2nc(N3CCOCC3)nc(N3CCC(n4c(=O)c5c(C)cccc5n(C)c4=O)CC3)c2cc1OCC. The Morgan fingerprint density at radius 3 is 2.31 bits per heavy atom. The van der Waals surface area contributed by atoms with E-state index in [-0.39, 0.29) is 17.3 Å². The fourth-order valence-corrected chi connectivity index (χ4v) is 6.13. The van der Waals surface area contributed by atoms with Crippen LogP contribution in [0.15, 0.2) is 39.9 Å². The van der Waals surface area contributed by atoms with Crippen LogP contribution in [0.4, 0.5) is 11.8 Å². The Morgan fingerprint density at radius 1 is 0.929 bits per heavy atom. The van der Waals surface area contributed by atoms with Gasteiger partial charge in [0, 0.05) is 50.7 Å². The molecule has 0 radical (unpaired) electrons. The van der Waals surface area contributed by atoms with Crippen LogP contribution in [0.1, 0.15) is 38.3 Å². The van der Waals surface area contributed by atoms with Crippen LogP contribution in [0.25, 0.3) is 21.8 Å². The zero-order valence-corrected chi connectivity index (χ0v) is 24.8. The average Bonchev–Trinajstić information content (AvgIpc) is 3.01. The van der Waals surface area contributed by atoms with E-state index in [1.165, 1.54) is 4.57 Å². The third-order valence-corrected chi connectivity index (χ3v) is 8.29. The second kappa shape index (κ2) is 11.6. The van der Waals surface area contributed by atoms with E-state index >= 15 is 0 Å². The van der Waals surface area contributed by atoms with Gasteiger partial charge >= 0.3 is 5.69 Å². The molecule has 0 unspecified atom stereocenters. The van der Waals surface area contributed by atoms with Crippen molar-refractivity contribution in [3.05, 3.63) is 56.7 Å². The molecule has 0 atom stereocenters. The fourth-order valence-electron chi connectivity index (χ4n) is 6.13. The van der Waals surface area contributed by atoms with Crippen LogP contribution in [-0.4, -0.2) is 71.7 Å². The molecule has 0 aliphatic carbocycles. The minimum absolute atomic E-state index is 0.202. The van der Waals surface area contributed by atoms with Gasteiger partial charge < -0.3 is 24.0 Å². The molecule has 2 aliphatic heterocycles. The summed E-state index contributed by atoms with van der Waals surface area (Å²) < 4.78 is 20.5. The summed E-state index contributed by atoms with van der Waals surface area (Å²) in [5, 5.41) is 1.49. The first-order valence-electron chi connectivity index (χ1n) is 14.8. The minimum atomic E-state index is -0.275. The maximum absolute atomic E-state index is 13.6. The number of aromatic nitrogens is 4. The van der Waals surface area contributed by atoms with Crippen molar-refractivity contribution < 1.29 is 14.2 Å². The number of fused-ring (bicyclic) bond motifs is 2. The van der Waals surface area contributed by atoms with Crippen molar-refractivity contribution >= 4 is 33.6 Å². The van der Waals surface area contributed by atoms with Crippen LogP contribution in [0.5, 0.6) is 11.5 Å². The highest BCUT2D eigenvalue weighted by Crippen LogP contribution is 2.38. The van der Waals surface area contributed by atoms with Crippen LogP contribution in [0, 0.1) is 6.92 Å². The maximum Gasteiger partial charge on any atom is 0.331 e. The van der Waals surface area contributed by atoms with E-state index in [0.717, 1.165) is 35.4 Å². The van der Waals surface area contributed by atoms with E-state index < -0.39 is 0 Å². The second-order valence-electron chi connectivity index (χ2n) is 10.8. The van der Waals surface area contributed by atoms with Crippen LogP contribution in [0.3, 0.4) is 0 Å². The molecule has 4 heterocycles. The molecule has 0 spiro atoms. The summed E-state index contributed by atoms with van der Waals surface area (Å²) in [5.74, 6) is 2.79. The lowest BCUT2D eigenvalue weighted by Crippen LogP contribution is -2.46. The van der Waals surface area contributed by atoms with E-state index in [1.807, 2.05) is 51.1 Å². The van der Waals surface area contributed by atoms with Crippen molar-refractivity contribution in [3.63, 3.8) is 0 Å². The highest BCUT2D eigenvalue weighted by atomic mass is 16.5. The molecule has 4 aromatic rings. The molecule has 42 heavy (non-hydrogen) atoms. The van der Waals surface area contributed by atoms with Crippen LogP contribution < -0.4 is 30.5 Å². The van der Waals surface area contributed by atoms with Gasteiger partial charge in [-0.05, 0) is 51.3 Å². The highest BCUT2D eigenvalue weighted by molar-refractivity contribution is 5.93. The monoisotopic (exact) mass is 574 g/mol. The van der Waals surface area contributed by atoms with Gasteiger partial charge in [-0.1, -0.05) is 12.1 Å². The number of hydrogen-bond acceptors (Lipinski definition) is 9. The molecule has 11 nitrogen and oxygen atoms in total. The summed E-state index contributed by atoms with van der Waals surface area (Å²) >= 11 is 0. The molecule has 2 fully saturated rings. The molecule has 0 N–H and O–H groups in total. The molecule has 2 saturated heterocycles. The van der Waals surface area contributed by atoms with Crippen molar-refractivity contribution in [3.8, 4) is 11.5 Å². The van der Waals surface area contributed by atoms with Gasteiger partial charge in [0.2, 0.25) is 5.95 Å². The lowest BCUT2D eigenvalue weighted by molar-refractivity contribution is 0.122. The summed E-state index contributed by atoms with van der Waals surface area (Å²) in [6, 6.07) is 9.34. The molecule has 0 bridgehead atoms. The molecule has 0 saturated carbocycles. The fraction of sp³-hybridized carbons (Fsp3) is 0.484. The van der Waals surface area contributed by atoms with Crippen molar-refractivity contribution in [1.82, 2.24) is 19.1 Å². The van der Waals surface area contributed by atoms with Gasteiger partial charge in [-0.2, -0.15) is 4.98 Å². The minimum Gasteiger partial charge on any atom is -0.490 e. The van der Waals surface area contributed by atoms with E-state index in [0.29, 0.717) is 80.7 Å². The number of aryl methyl sites for hydroxylation is 2. The molecule has 222 valence electrons. The summed E-state index contributed by atoms with van der Waals surface area (Å²) in [7, 11) is 1.74. The normalized spacial score (nSPS) is 16.4.